The molecule has 0 aliphatic heterocycles. The highest BCUT2D eigenvalue weighted by Gasteiger charge is 2.06. The number of hydrogen-bond donors (Lipinski definition) is 2. The lowest BCUT2D eigenvalue weighted by Gasteiger charge is -1.94. The van der Waals surface area contributed by atoms with E-state index >= 15 is 0 Å². The van der Waals surface area contributed by atoms with Crippen molar-refractivity contribution in [3.8, 4) is 0 Å². The standard InChI is InChI=1S/C10H11FN2/c1-6-9(5-12)8-4-7(11)2-3-10(8)13-6/h2-4,13H,5,12H2,1H3. The molecule has 0 radical (unpaired) electrons. The summed E-state index contributed by atoms with van der Waals surface area (Å²) in [4.78, 5) is 3.16. The number of rotatable bonds is 1. The van der Waals surface area contributed by atoms with Crippen LogP contribution in [-0.2, 0) is 6.54 Å². The first-order chi connectivity index (χ1) is 6.22. The summed E-state index contributed by atoms with van der Waals surface area (Å²) in [7, 11) is 0. The molecule has 0 amide bonds. The minimum absolute atomic E-state index is 0.221. The summed E-state index contributed by atoms with van der Waals surface area (Å²) in [6.07, 6.45) is 0. The SMILES string of the molecule is Cc1[nH]c2ccc(F)cc2c1CN. The van der Waals surface area contributed by atoms with E-state index in [9.17, 15) is 4.39 Å². The number of hydrogen-bond acceptors (Lipinski definition) is 1. The van der Waals surface area contributed by atoms with E-state index in [-0.39, 0.29) is 5.82 Å². The Morgan fingerprint density at radius 2 is 2.23 bits per heavy atom. The lowest BCUT2D eigenvalue weighted by atomic mass is 10.1. The van der Waals surface area contributed by atoms with Crippen molar-refractivity contribution in [1.82, 2.24) is 4.98 Å². The molecular formula is C10H11FN2. The Morgan fingerprint density at radius 3 is 2.92 bits per heavy atom. The summed E-state index contributed by atoms with van der Waals surface area (Å²) in [5.41, 5.74) is 8.52. The van der Waals surface area contributed by atoms with E-state index in [0.717, 1.165) is 22.2 Å². The van der Waals surface area contributed by atoms with Gasteiger partial charge in [-0.3, -0.25) is 0 Å². The van der Waals surface area contributed by atoms with Gasteiger partial charge in [0.1, 0.15) is 5.82 Å². The van der Waals surface area contributed by atoms with Crippen molar-refractivity contribution in [2.75, 3.05) is 0 Å². The molecule has 68 valence electrons. The van der Waals surface area contributed by atoms with E-state index in [1.54, 1.807) is 6.07 Å². The zero-order chi connectivity index (χ0) is 9.42. The molecule has 0 saturated carbocycles. The van der Waals surface area contributed by atoms with Crippen LogP contribution in [0.3, 0.4) is 0 Å². The molecule has 0 spiro atoms. The average molecular weight is 178 g/mol. The molecule has 0 unspecified atom stereocenters. The summed E-state index contributed by atoms with van der Waals surface area (Å²) in [6, 6.07) is 4.69. The number of halogens is 1. The van der Waals surface area contributed by atoms with E-state index in [2.05, 4.69) is 4.98 Å². The number of aromatic nitrogens is 1. The fourth-order valence-electron chi connectivity index (χ4n) is 1.62. The van der Waals surface area contributed by atoms with Gasteiger partial charge in [0.2, 0.25) is 0 Å². The van der Waals surface area contributed by atoms with Gasteiger partial charge in [-0.15, -0.1) is 0 Å². The molecule has 2 rings (SSSR count). The lowest BCUT2D eigenvalue weighted by Crippen LogP contribution is -1.96. The number of nitrogens with one attached hydrogen (secondary N) is 1. The monoisotopic (exact) mass is 178 g/mol. The lowest BCUT2D eigenvalue weighted by molar-refractivity contribution is 0.629. The number of fused-ring (bicyclic) bond motifs is 1. The second-order valence-electron chi connectivity index (χ2n) is 3.12. The number of nitrogens with two attached hydrogens (primary N) is 1. The Morgan fingerprint density at radius 1 is 1.46 bits per heavy atom. The van der Waals surface area contributed by atoms with E-state index in [1.165, 1.54) is 12.1 Å². The van der Waals surface area contributed by atoms with Crippen LogP contribution in [0, 0.1) is 12.7 Å². The quantitative estimate of drug-likeness (QED) is 0.689. The Hall–Kier alpha value is -1.35. The van der Waals surface area contributed by atoms with Gasteiger partial charge < -0.3 is 10.7 Å². The molecule has 1 heterocycles. The van der Waals surface area contributed by atoms with Crippen molar-refractivity contribution in [2.24, 2.45) is 5.73 Å². The molecule has 0 aliphatic carbocycles. The van der Waals surface area contributed by atoms with Crippen LogP contribution in [0.5, 0.6) is 0 Å². The summed E-state index contributed by atoms with van der Waals surface area (Å²) >= 11 is 0. The van der Waals surface area contributed by atoms with Gasteiger partial charge in [-0.05, 0) is 30.7 Å². The first-order valence-electron chi connectivity index (χ1n) is 4.19. The average Bonchev–Trinajstić information content (AvgIpc) is 2.40. The normalized spacial score (nSPS) is 11.0. The smallest absolute Gasteiger partial charge is 0.123 e. The maximum Gasteiger partial charge on any atom is 0.123 e. The van der Waals surface area contributed by atoms with Crippen LogP contribution in [0.15, 0.2) is 18.2 Å². The van der Waals surface area contributed by atoms with Crippen molar-refractivity contribution in [3.05, 3.63) is 35.3 Å². The van der Waals surface area contributed by atoms with Gasteiger partial charge >= 0.3 is 0 Å². The summed E-state index contributed by atoms with van der Waals surface area (Å²) < 4.78 is 12.9. The number of benzene rings is 1. The van der Waals surface area contributed by atoms with Crippen LogP contribution in [0.1, 0.15) is 11.3 Å². The van der Waals surface area contributed by atoms with Crippen LogP contribution in [0.25, 0.3) is 10.9 Å². The first kappa shape index (κ1) is 8.26. The number of aryl methyl sites for hydroxylation is 1. The molecule has 1 aromatic heterocycles. The van der Waals surface area contributed by atoms with Crippen LogP contribution in [-0.4, -0.2) is 4.98 Å². The van der Waals surface area contributed by atoms with E-state index in [1.807, 2.05) is 6.92 Å². The molecule has 0 bridgehead atoms. The highest BCUT2D eigenvalue weighted by Crippen LogP contribution is 2.22. The van der Waals surface area contributed by atoms with Crippen LogP contribution >= 0.6 is 0 Å². The fraction of sp³-hybridized carbons (Fsp3) is 0.200. The fourth-order valence-corrected chi connectivity index (χ4v) is 1.62. The minimum Gasteiger partial charge on any atom is -0.358 e. The largest absolute Gasteiger partial charge is 0.358 e. The third-order valence-electron chi connectivity index (χ3n) is 2.29. The van der Waals surface area contributed by atoms with E-state index < -0.39 is 0 Å². The van der Waals surface area contributed by atoms with Gasteiger partial charge in [-0.2, -0.15) is 0 Å². The van der Waals surface area contributed by atoms with Crippen LogP contribution in [0.2, 0.25) is 0 Å². The Kier molecular flexibility index (Phi) is 1.81. The molecule has 3 heteroatoms. The topological polar surface area (TPSA) is 41.8 Å². The molecule has 13 heavy (non-hydrogen) atoms. The molecule has 0 saturated heterocycles. The second kappa shape index (κ2) is 2.85. The molecule has 2 aromatic rings. The Bertz CT molecular complexity index is 445. The molecule has 0 fully saturated rings. The highest BCUT2D eigenvalue weighted by molar-refractivity contribution is 5.84. The Labute approximate surface area is 75.6 Å². The number of H-pyrrole nitrogens is 1. The van der Waals surface area contributed by atoms with Gasteiger partial charge in [-0.1, -0.05) is 0 Å². The zero-order valence-corrected chi connectivity index (χ0v) is 7.39. The van der Waals surface area contributed by atoms with Gasteiger partial charge in [0, 0.05) is 23.1 Å². The zero-order valence-electron chi connectivity index (χ0n) is 7.39. The van der Waals surface area contributed by atoms with Crippen LogP contribution in [0.4, 0.5) is 4.39 Å². The van der Waals surface area contributed by atoms with Gasteiger partial charge in [0.05, 0.1) is 0 Å². The van der Waals surface area contributed by atoms with Crippen molar-refractivity contribution in [3.63, 3.8) is 0 Å². The highest BCUT2D eigenvalue weighted by atomic mass is 19.1. The van der Waals surface area contributed by atoms with Crippen molar-refractivity contribution < 1.29 is 4.39 Å². The first-order valence-corrected chi connectivity index (χ1v) is 4.19. The molecule has 0 atom stereocenters. The summed E-state index contributed by atoms with van der Waals surface area (Å²) in [6.45, 7) is 2.38. The van der Waals surface area contributed by atoms with E-state index in [0.29, 0.717) is 6.54 Å². The molecule has 1 aromatic carbocycles. The third kappa shape index (κ3) is 1.21. The van der Waals surface area contributed by atoms with Crippen molar-refractivity contribution >= 4 is 10.9 Å². The maximum absolute atomic E-state index is 12.9. The van der Waals surface area contributed by atoms with Crippen molar-refractivity contribution in [1.29, 1.82) is 0 Å². The molecule has 0 aliphatic rings. The minimum atomic E-state index is -0.221. The van der Waals surface area contributed by atoms with Crippen molar-refractivity contribution in [2.45, 2.75) is 13.5 Å². The molecule has 2 nitrogen and oxygen atoms in total. The molecule has 3 N–H and O–H groups in total. The molecular weight excluding hydrogens is 167 g/mol. The third-order valence-corrected chi connectivity index (χ3v) is 2.29. The summed E-state index contributed by atoms with van der Waals surface area (Å²) in [5.74, 6) is -0.221. The number of aromatic amines is 1. The van der Waals surface area contributed by atoms with E-state index in [4.69, 9.17) is 5.73 Å². The van der Waals surface area contributed by atoms with Gasteiger partial charge in [-0.25, -0.2) is 4.39 Å². The second-order valence-corrected chi connectivity index (χ2v) is 3.12. The van der Waals surface area contributed by atoms with Crippen LogP contribution < -0.4 is 5.73 Å². The van der Waals surface area contributed by atoms with Gasteiger partial charge in [0.25, 0.3) is 0 Å². The Balaban J connectivity index is 2.80. The maximum atomic E-state index is 12.9. The summed E-state index contributed by atoms with van der Waals surface area (Å²) in [5, 5.41) is 0.889. The predicted molar refractivity (Wildman–Crippen MR) is 50.9 cm³/mol. The van der Waals surface area contributed by atoms with Gasteiger partial charge in [0.15, 0.2) is 0 Å². The predicted octanol–water partition coefficient (Wildman–Crippen LogP) is 2.07.